The van der Waals surface area contributed by atoms with Crippen LogP contribution >= 0.6 is 11.6 Å². The van der Waals surface area contributed by atoms with Crippen molar-refractivity contribution >= 4 is 17.5 Å². The molecule has 1 N–H and O–H groups in total. The highest BCUT2D eigenvalue weighted by Gasteiger charge is 2.38. The average molecular weight is 310 g/mol. The minimum absolute atomic E-state index is 0.00785. The van der Waals surface area contributed by atoms with Crippen molar-refractivity contribution in [1.82, 2.24) is 15.5 Å². The van der Waals surface area contributed by atoms with Crippen LogP contribution in [-0.2, 0) is 11.3 Å². The second kappa shape index (κ2) is 5.44. The van der Waals surface area contributed by atoms with E-state index in [0.717, 1.165) is 6.42 Å². The van der Waals surface area contributed by atoms with Crippen molar-refractivity contribution in [3.05, 3.63) is 34.9 Å². The predicted octanol–water partition coefficient (Wildman–Crippen LogP) is 2.80. The molecular formula is C14H13ClFN3O2. The van der Waals surface area contributed by atoms with Crippen LogP contribution in [0, 0.1) is 17.7 Å². The first-order valence-corrected chi connectivity index (χ1v) is 6.98. The third kappa shape index (κ3) is 3.05. The molecule has 7 heteroatoms. The monoisotopic (exact) mass is 309 g/mol. The van der Waals surface area contributed by atoms with E-state index in [4.69, 9.17) is 16.1 Å². The van der Waals surface area contributed by atoms with Crippen molar-refractivity contribution < 1.29 is 13.7 Å². The number of halogens is 2. The predicted molar refractivity (Wildman–Crippen MR) is 73.8 cm³/mol. The highest BCUT2D eigenvalue weighted by Crippen LogP contribution is 2.37. The minimum atomic E-state index is -0.534. The number of nitrogens with zero attached hydrogens (tertiary/aromatic N) is 2. The molecule has 21 heavy (non-hydrogen) atoms. The number of carbonyl (C=O) groups excluding carboxylic acids is 1. The fourth-order valence-electron chi connectivity index (χ4n) is 2.08. The molecule has 110 valence electrons. The van der Waals surface area contributed by atoms with Gasteiger partial charge in [-0.2, -0.15) is 4.98 Å². The van der Waals surface area contributed by atoms with Gasteiger partial charge in [0.1, 0.15) is 5.82 Å². The summed E-state index contributed by atoms with van der Waals surface area (Å²) < 4.78 is 18.7. The van der Waals surface area contributed by atoms with Crippen LogP contribution in [0.5, 0.6) is 0 Å². The summed E-state index contributed by atoms with van der Waals surface area (Å²) >= 11 is 5.69. The Hall–Kier alpha value is -1.95. The standard InChI is InChI=1S/C14H13ClFN3O2/c1-7-4-10(7)13(20)17-6-12-18-14(21-19-12)9-3-2-8(15)5-11(9)16/h2-3,5,7,10H,4,6H2,1H3,(H,17,20)/t7-,10-/m0/s1. The second-order valence-corrected chi connectivity index (χ2v) is 5.61. The van der Waals surface area contributed by atoms with E-state index in [-0.39, 0.29) is 29.8 Å². The molecule has 1 amide bonds. The molecule has 0 saturated heterocycles. The summed E-state index contributed by atoms with van der Waals surface area (Å²) in [5, 5.41) is 6.76. The lowest BCUT2D eigenvalue weighted by Crippen LogP contribution is -2.25. The maximum Gasteiger partial charge on any atom is 0.260 e. The summed E-state index contributed by atoms with van der Waals surface area (Å²) in [6, 6.07) is 4.19. The van der Waals surface area contributed by atoms with Crippen LogP contribution in [-0.4, -0.2) is 16.0 Å². The molecule has 5 nitrogen and oxygen atoms in total. The summed E-state index contributed by atoms with van der Waals surface area (Å²) in [5.41, 5.74) is 0.181. The maximum absolute atomic E-state index is 13.7. The van der Waals surface area contributed by atoms with Gasteiger partial charge in [-0.1, -0.05) is 23.7 Å². The Labute approximate surface area is 125 Å². The highest BCUT2D eigenvalue weighted by atomic mass is 35.5. The van der Waals surface area contributed by atoms with E-state index >= 15 is 0 Å². The van der Waals surface area contributed by atoms with Gasteiger partial charge in [-0.15, -0.1) is 0 Å². The largest absolute Gasteiger partial charge is 0.348 e. The van der Waals surface area contributed by atoms with Crippen molar-refractivity contribution in [2.24, 2.45) is 11.8 Å². The number of amides is 1. The lowest BCUT2D eigenvalue weighted by atomic mass is 10.2. The van der Waals surface area contributed by atoms with Crippen LogP contribution in [0.4, 0.5) is 4.39 Å². The first-order chi connectivity index (χ1) is 10.0. The quantitative estimate of drug-likeness (QED) is 0.943. The summed E-state index contributed by atoms with van der Waals surface area (Å²) in [6.07, 6.45) is 0.916. The first kappa shape index (κ1) is 14.0. The average Bonchev–Trinajstić information content (AvgIpc) is 2.99. The molecule has 0 spiro atoms. The van der Waals surface area contributed by atoms with E-state index in [9.17, 15) is 9.18 Å². The molecule has 1 aromatic heterocycles. The third-order valence-electron chi connectivity index (χ3n) is 3.50. The Morgan fingerprint density at radius 1 is 1.57 bits per heavy atom. The lowest BCUT2D eigenvalue weighted by Gasteiger charge is -1.99. The summed E-state index contributed by atoms with van der Waals surface area (Å²) in [7, 11) is 0. The van der Waals surface area contributed by atoms with E-state index in [1.807, 2.05) is 6.92 Å². The molecule has 2 aromatic rings. The topological polar surface area (TPSA) is 68.0 Å². The van der Waals surface area contributed by atoms with Gasteiger partial charge in [0, 0.05) is 10.9 Å². The minimum Gasteiger partial charge on any atom is -0.348 e. The zero-order valence-corrected chi connectivity index (χ0v) is 12.0. The van der Waals surface area contributed by atoms with Gasteiger partial charge in [-0.3, -0.25) is 4.79 Å². The van der Waals surface area contributed by atoms with E-state index in [1.165, 1.54) is 12.1 Å². The van der Waals surface area contributed by atoms with Gasteiger partial charge in [0.05, 0.1) is 12.1 Å². The van der Waals surface area contributed by atoms with Crippen molar-refractivity contribution in [1.29, 1.82) is 0 Å². The fourth-order valence-corrected chi connectivity index (χ4v) is 2.24. The van der Waals surface area contributed by atoms with Crippen molar-refractivity contribution in [2.45, 2.75) is 19.9 Å². The second-order valence-electron chi connectivity index (χ2n) is 5.18. The normalized spacial score (nSPS) is 20.3. The number of rotatable bonds is 4. The Balaban J connectivity index is 1.67. The molecule has 1 heterocycles. The maximum atomic E-state index is 13.7. The molecule has 0 unspecified atom stereocenters. The Morgan fingerprint density at radius 3 is 3.00 bits per heavy atom. The van der Waals surface area contributed by atoms with Gasteiger partial charge < -0.3 is 9.84 Å². The van der Waals surface area contributed by atoms with Crippen LogP contribution in [0.15, 0.2) is 22.7 Å². The molecule has 1 aliphatic rings. The SMILES string of the molecule is C[C@H]1C[C@@H]1C(=O)NCc1noc(-c2ccc(Cl)cc2F)n1. The molecule has 0 bridgehead atoms. The van der Waals surface area contributed by atoms with Gasteiger partial charge in [-0.25, -0.2) is 4.39 Å². The number of hydrogen-bond donors (Lipinski definition) is 1. The fraction of sp³-hybridized carbons (Fsp3) is 0.357. The Morgan fingerprint density at radius 2 is 2.33 bits per heavy atom. The van der Waals surface area contributed by atoms with Gasteiger partial charge in [-0.05, 0) is 30.5 Å². The smallest absolute Gasteiger partial charge is 0.260 e. The Kier molecular flexibility index (Phi) is 3.63. The van der Waals surface area contributed by atoms with Gasteiger partial charge in [0.25, 0.3) is 5.89 Å². The van der Waals surface area contributed by atoms with Crippen LogP contribution in [0.3, 0.4) is 0 Å². The summed E-state index contributed by atoms with van der Waals surface area (Å²) in [6.45, 7) is 2.20. The molecule has 3 rings (SSSR count). The molecule has 1 fully saturated rings. The highest BCUT2D eigenvalue weighted by molar-refractivity contribution is 6.30. The molecule has 1 saturated carbocycles. The lowest BCUT2D eigenvalue weighted by molar-refractivity contribution is -0.122. The van der Waals surface area contributed by atoms with Crippen molar-refractivity contribution in [3.63, 3.8) is 0 Å². The van der Waals surface area contributed by atoms with Crippen LogP contribution in [0.1, 0.15) is 19.2 Å². The molecule has 0 radical (unpaired) electrons. The summed E-state index contributed by atoms with van der Waals surface area (Å²) in [5.74, 6) is 0.355. The zero-order chi connectivity index (χ0) is 15.0. The van der Waals surface area contributed by atoms with E-state index < -0.39 is 5.82 Å². The number of aromatic nitrogens is 2. The van der Waals surface area contributed by atoms with Gasteiger partial charge >= 0.3 is 0 Å². The van der Waals surface area contributed by atoms with Crippen molar-refractivity contribution in [2.75, 3.05) is 0 Å². The van der Waals surface area contributed by atoms with E-state index in [1.54, 1.807) is 6.07 Å². The molecule has 1 aliphatic carbocycles. The number of carbonyl (C=O) groups is 1. The van der Waals surface area contributed by atoms with Gasteiger partial charge in [0.2, 0.25) is 5.91 Å². The van der Waals surface area contributed by atoms with Crippen molar-refractivity contribution in [3.8, 4) is 11.5 Å². The molecular weight excluding hydrogens is 297 g/mol. The number of hydrogen-bond acceptors (Lipinski definition) is 4. The van der Waals surface area contributed by atoms with E-state index in [2.05, 4.69) is 15.5 Å². The summed E-state index contributed by atoms with van der Waals surface area (Å²) in [4.78, 5) is 15.8. The third-order valence-corrected chi connectivity index (χ3v) is 3.73. The first-order valence-electron chi connectivity index (χ1n) is 6.60. The molecule has 0 aliphatic heterocycles. The zero-order valence-electron chi connectivity index (χ0n) is 11.3. The van der Waals surface area contributed by atoms with E-state index in [0.29, 0.717) is 16.8 Å². The van der Waals surface area contributed by atoms with Gasteiger partial charge in [0.15, 0.2) is 5.82 Å². The van der Waals surface area contributed by atoms with Crippen LogP contribution in [0.25, 0.3) is 11.5 Å². The molecule has 2 atom stereocenters. The number of benzene rings is 1. The molecule has 1 aromatic carbocycles. The number of nitrogens with one attached hydrogen (secondary N) is 1. The Bertz CT molecular complexity index is 689. The van der Waals surface area contributed by atoms with Crippen LogP contribution < -0.4 is 5.32 Å². The van der Waals surface area contributed by atoms with Crippen LogP contribution in [0.2, 0.25) is 5.02 Å².